The van der Waals surface area contributed by atoms with E-state index in [0.29, 0.717) is 0 Å². The van der Waals surface area contributed by atoms with Gasteiger partial charge in [-0.25, -0.2) is 0 Å². The minimum Gasteiger partial charge on any atom is -0.339 e. The molecule has 1 aromatic heterocycles. The van der Waals surface area contributed by atoms with E-state index in [9.17, 15) is 0 Å². The Morgan fingerprint density at radius 2 is 2.00 bits per heavy atom. The molecule has 0 bridgehead atoms. The lowest BCUT2D eigenvalue weighted by molar-refractivity contribution is 0.370. The topological polar surface area (TPSA) is 64.9 Å². The molecule has 2 N–H and O–H groups in total. The van der Waals surface area contributed by atoms with Crippen molar-refractivity contribution >= 4 is 0 Å². The number of unbranched alkanes of at least 4 members (excludes halogenated alkanes) is 3. The first-order valence-electron chi connectivity index (χ1n) is 4.82. The molecule has 0 radical (unpaired) electrons. The second kappa shape index (κ2) is 5.70. The molecule has 1 aromatic rings. The molecular formula is C9H17N3O. The van der Waals surface area contributed by atoms with E-state index in [-0.39, 0.29) is 0 Å². The zero-order valence-corrected chi connectivity index (χ0v) is 8.12. The molecule has 0 aliphatic carbocycles. The smallest absolute Gasteiger partial charge is 0.226 e. The van der Waals surface area contributed by atoms with Crippen molar-refractivity contribution in [1.82, 2.24) is 10.1 Å². The molecule has 0 aliphatic heterocycles. The quantitative estimate of drug-likeness (QED) is 0.678. The minimum absolute atomic E-state index is 0.719. The molecule has 0 amide bonds. The highest BCUT2D eigenvalue weighted by Crippen LogP contribution is 2.05. The molecule has 0 aliphatic rings. The molecule has 0 aromatic carbocycles. The van der Waals surface area contributed by atoms with Crippen LogP contribution in [0.15, 0.2) is 4.52 Å². The van der Waals surface area contributed by atoms with Crippen molar-refractivity contribution in [3.63, 3.8) is 0 Å². The number of aryl methyl sites for hydroxylation is 2. The van der Waals surface area contributed by atoms with Crippen molar-refractivity contribution in [3.05, 3.63) is 11.7 Å². The Balaban J connectivity index is 2.06. The van der Waals surface area contributed by atoms with E-state index in [1.54, 1.807) is 0 Å². The minimum atomic E-state index is 0.719. The van der Waals surface area contributed by atoms with Crippen LogP contribution in [0.3, 0.4) is 0 Å². The van der Waals surface area contributed by atoms with E-state index in [1.807, 2.05) is 6.92 Å². The fourth-order valence-corrected chi connectivity index (χ4v) is 1.22. The van der Waals surface area contributed by atoms with Crippen LogP contribution in [0.4, 0.5) is 0 Å². The molecule has 1 rings (SSSR count). The Bertz CT molecular complexity index is 235. The molecule has 4 nitrogen and oxygen atoms in total. The van der Waals surface area contributed by atoms with E-state index in [1.165, 1.54) is 12.8 Å². The zero-order chi connectivity index (χ0) is 9.52. The van der Waals surface area contributed by atoms with Gasteiger partial charge in [0.2, 0.25) is 5.89 Å². The normalized spacial score (nSPS) is 10.6. The van der Waals surface area contributed by atoms with E-state index in [0.717, 1.165) is 37.5 Å². The number of hydrogen-bond donors (Lipinski definition) is 1. The first kappa shape index (κ1) is 10.2. The molecule has 13 heavy (non-hydrogen) atoms. The average molecular weight is 183 g/mol. The predicted molar refractivity (Wildman–Crippen MR) is 50.3 cm³/mol. The lowest BCUT2D eigenvalue weighted by Crippen LogP contribution is -1.97. The van der Waals surface area contributed by atoms with Crippen LogP contribution in [0, 0.1) is 6.92 Å². The maximum absolute atomic E-state index is 5.38. The molecule has 0 saturated heterocycles. The molecule has 4 heteroatoms. The molecular weight excluding hydrogens is 166 g/mol. The Hall–Kier alpha value is -0.900. The maximum Gasteiger partial charge on any atom is 0.226 e. The summed E-state index contributed by atoms with van der Waals surface area (Å²) in [4.78, 5) is 4.13. The van der Waals surface area contributed by atoms with Gasteiger partial charge in [0.25, 0.3) is 0 Å². The summed E-state index contributed by atoms with van der Waals surface area (Å²) in [6.45, 7) is 2.63. The Labute approximate surface area is 78.5 Å². The highest BCUT2D eigenvalue weighted by Gasteiger charge is 2.00. The number of nitrogens with two attached hydrogens (primary N) is 1. The summed E-state index contributed by atoms with van der Waals surface area (Å²) < 4.78 is 4.99. The van der Waals surface area contributed by atoms with Crippen LogP contribution in [0.25, 0.3) is 0 Å². The van der Waals surface area contributed by atoms with Crippen LogP contribution in [-0.2, 0) is 6.42 Å². The number of hydrogen-bond acceptors (Lipinski definition) is 4. The lowest BCUT2D eigenvalue weighted by Gasteiger charge is -1.95. The number of rotatable bonds is 6. The van der Waals surface area contributed by atoms with Crippen molar-refractivity contribution in [2.45, 2.75) is 39.0 Å². The van der Waals surface area contributed by atoms with Gasteiger partial charge in [-0.2, -0.15) is 4.98 Å². The van der Waals surface area contributed by atoms with Gasteiger partial charge in [-0.1, -0.05) is 18.0 Å². The molecule has 0 spiro atoms. The zero-order valence-electron chi connectivity index (χ0n) is 8.12. The van der Waals surface area contributed by atoms with E-state index in [2.05, 4.69) is 10.1 Å². The predicted octanol–water partition coefficient (Wildman–Crippen LogP) is 1.44. The molecule has 0 fully saturated rings. The highest BCUT2D eigenvalue weighted by molar-refractivity contribution is 4.82. The van der Waals surface area contributed by atoms with Crippen molar-refractivity contribution < 1.29 is 4.52 Å². The SMILES string of the molecule is Cc1noc(CCCCCCN)n1. The third-order valence-corrected chi connectivity index (χ3v) is 1.91. The van der Waals surface area contributed by atoms with Gasteiger partial charge in [-0.05, 0) is 26.3 Å². The van der Waals surface area contributed by atoms with Crippen LogP contribution in [0.1, 0.15) is 37.4 Å². The van der Waals surface area contributed by atoms with Gasteiger partial charge in [0.1, 0.15) is 0 Å². The number of aromatic nitrogens is 2. The monoisotopic (exact) mass is 183 g/mol. The summed E-state index contributed by atoms with van der Waals surface area (Å²) in [5, 5.41) is 3.73. The van der Waals surface area contributed by atoms with E-state index >= 15 is 0 Å². The summed E-state index contributed by atoms with van der Waals surface area (Å²) in [5.74, 6) is 1.47. The molecule has 74 valence electrons. The van der Waals surface area contributed by atoms with Crippen molar-refractivity contribution in [1.29, 1.82) is 0 Å². The van der Waals surface area contributed by atoms with Crippen molar-refractivity contribution in [2.75, 3.05) is 6.54 Å². The van der Waals surface area contributed by atoms with Crippen LogP contribution < -0.4 is 5.73 Å². The Morgan fingerprint density at radius 3 is 2.62 bits per heavy atom. The van der Waals surface area contributed by atoms with Crippen molar-refractivity contribution in [3.8, 4) is 0 Å². The summed E-state index contributed by atoms with van der Waals surface area (Å²) in [5.41, 5.74) is 5.38. The third kappa shape index (κ3) is 4.03. The van der Waals surface area contributed by atoms with Crippen LogP contribution in [-0.4, -0.2) is 16.7 Å². The fourth-order valence-electron chi connectivity index (χ4n) is 1.22. The first-order valence-corrected chi connectivity index (χ1v) is 4.82. The van der Waals surface area contributed by atoms with Crippen molar-refractivity contribution in [2.24, 2.45) is 5.73 Å². The summed E-state index contributed by atoms with van der Waals surface area (Å²) in [7, 11) is 0. The maximum atomic E-state index is 5.38. The van der Waals surface area contributed by atoms with E-state index in [4.69, 9.17) is 10.3 Å². The number of nitrogens with zero attached hydrogens (tertiary/aromatic N) is 2. The van der Waals surface area contributed by atoms with Gasteiger partial charge < -0.3 is 10.3 Å². The average Bonchev–Trinajstić information content (AvgIpc) is 2.51. The molecule has 0 atom stereocenters. The Kier molecular flexibility index (Phi) is 4.46. The second-order valence-electron chi connectivity index (χ2n) is 3.19. The Morgan fingerprint density at radius 1 is 1.23 bits per heavy atom. The van der Waals surface area contributed by atoms with Crippen LogP contribution >= 0.6 is 0 Å². The van der Waals surface area contributed by atoms with Crippen LogP contribution in [0.5, 0.6) is 0 Å². The summed E-state index contributed by atoms with van der Waals surface area (Å²) >= 11 is 0. The van der Waals surface area contributed by atoms with E-state index < -0.39 is 0 Å². The molecule has 0 saturated carbocycles. The molecule has 0 unspecified atom stereocenters. The van der Waals surface area contributed by atoms with Gasteiger partial charge in [0.05, 0.1) is 0 Å². The largest absolute Gasteiger partial charge is 0.339 e. The van der Waals surface area contributed by atoms with Gasteiger partial charge in [0.15, 0.2) is 5.82 Å². The fraction of sp³-hybridized carbons (Fsp3) is 0.778. The standard InChI is InChI=1S/C9H17N3O/c1-8-11-9(13-12-8)6-4-2-3-5-7-10/h2-7,10H2,1H3. The van der Waals surface area contributed by atoms with Gasteiger partial charge in [-0.3, -0.25) is 0 Å². The molecule has 1 heterocycles. The van der Waals surface area contributed by atoms with Crippen LogP contribution in [0.2, 0.25) is 0 Å². The van der Waals surface area contributed by atoms with Gasteiger partial charge in [0, 0.05) is 6.42 Å². The lowest BCUT2D eigenvalue weighted by atomic mass is 10.1. The summed E-state index contributed by atoms with van der Waals surface area (Å²) in [6, 6.07) is 0. The van der Waals surface area contributed by atoms with Gasteiger partial charge in [-0.15, -0.1) is 0 Å². The first-order chi connectivity index (χ1) is 6.33. The highest BCUT2D eigenvalue weighted by atomic mass is 16.5. The third-order valence-electron chi connectivity index (χ3n) is 1.91. The van der Waals surface area contributed by atoms with Gasteiger partial charge >= 0.3 is 0 Å². The summed E-state index contributed by atoms with van der Waals surface area (Å²) in [6.07, 6.45) is 5.51. The second-order valence-corrected chi connectivity index (χ2v) is 3.19.